The van der Waals surface area contributed by atoms with Gasteiger partial charge in [-0.2, -0.15) is 0 Å². The summed E-state index contributed by atoms with van der Waals surface area (Å²) in [5.41, 5.74) is 0. The van der Waals surface area contributed by atoms with E-state index in [4.69, 9.17) is 0 Å². The molecule has 1 radical (unpaired) electrons. The lowest BCUT2D eigenvalue weighted by molar-refractivity contribution is 0.0328. The van der Waals surface area contributed by atoms with Gasteiger partial charge >= 0.3 is 0 Å². The minimum absolute atomic E-state index is 0.288. The van der Waals surface area contributed by atoms with Crippen LogP contribution in [0, 0.1) is 11.8 Å². The standard InChI is InChI=1S/C9H18NO.Al.H/c1-6(2)9(11)8-7(3)4-5-10-8;;/h6-8,10-11H,4-5H2,1-3H3;;/t7-,8?;;/m0../s1. The zero-order valence-electron chi connectivity index (χ0n) is 8.30. The lowest BCUT2D eigenvalue weighted by Crippen LogP contribution is -2.54. The predicted molar refractivity (Wildman–Crippen MR) is 52.5 cm³/mol. The molecule has 0 bridgehead atoms. The summed E-state index contributed by atoms with van der Waals surface area (Å²) in [4.78, 5) is 0. The number of nitrogens with one attached hydrogen (secondary N) is 1. The second kappa shape index (κ2) is 3.67. The second-order valence-corrected chi connectivity index (χ2v) is 5.48. The van der Waals surface area contributed by atoms with Gasteiger partial charge in [0.1, 0.15) is 0 Å². The van der Waals surface area contributed by atoms with Crippen LogP contribution in [0.25, 0.3) is 0 Å². The molecule has 1 aliphatic rings. The zero-order chi connectivity index (χ0) is 9.35. The summed E-state index contributed by atoms with van der Waals surface area (Å²) >= 11 is 1.72. The highest BCUT2D eigenvalue weighted by Gasteiger charge is 2.39. The van der Waals surface area contributed by atoms with Crippen LogP contribution in [0.5, 0.6) is 0 Å². The van der Waals surface area contributed by atoms with E-state index in [9.17, 15) is 5.11 Å². The molecule has 2 N–H and O–H groups in total. The predicted octanol–water partition coefficient (Wildman–Crippen LogP) is 0.230. The van der Waals surface area contributed by atoms with E-state index in [0.29, 0.717) is 11.8 Å². The van der Waals surface area contributed by atoms with Crippen LogP contribution in [0.15, 0.2) is 0 Å². The molecule has 0 saturated carbocycles. The first kappa shape index (κ1) is 10.5. The summed E-state index contributed by atoms with van der Waals surface area (Å²) in [7, 11) is 0. The third kappa shape index (κ3) is 1.85. The Morgan fingerprint density at radius 2 is 2.17 bits per heavy atom. The molecule has 3 heteroatoms. The van der Waals surface area contributed by atoms with Gasteiger partial charge in [-0.3, -0.25) is 0 Å². The molecule has 0 aromatic heterocycles. The highest BCUT2D eigenvalue weighted by Crippen LogP contribution is 2.27. The van der Waals surface area contributed by atoms with Crippen molar-refractivity contribution < 1.29 is 5.11 Å². The molecule has 0 aromatic carbocycles. The van der Waals surface area contributed by atoms with Crippen LogP contribution < -0.4 is 5.32 Å². The zero-order valence-corrected chi connectivity index (χ0v) is 9.71. The molecule has 1 aliphatic heterocycles. The summed E-state index contributed by atoms with van der Waals surface area (Å²) in [6.07, 6.45) is 1.19. The lowest BCUT2D eigenvalue weighted by atomic mass is 9.90. The summed E-state index contributed by atoms with van der Waals surface area (Å²) in [5.74, 6) is 0.934. The minimum Gasteiger partial charge on any atom is -0.405 e. The van der Waals surface area contributed by atoms with Crippen LogP contribution in [-0.2, 0) is 0 Å². The fraction of sp³-hybridized carbons (Fsp3) is 1.00. The minimum atomic E-state index is -0.532. The monoisotopic (exact) mass is 184 g/mol. The summed E-state index contributed by atoms with van der Waals surface area (Å²) in [6.45, 7) is 7.44. The summed E-state index contributed by atoms with van der Waals surface area (Å²) < 4.78 is -0.532. The Morgan fingerprint density at radius 1 is 1.58 bits per heavy atom. The van der Waals surface area contributed by atoms with Crippen molar-refractivity contribution in [3.05, 3.63) is 0 Å². The van der Waals surface area contributed by atoms with E-state index in [2.05, 4.69) is 26.1 Å². The molecule has 69 valence electrons. The van der Waals surface area contributed by atoms with Gasteiger partial charge in [-0.05, 0) is 24.8 Å². The van der Waals surface area contributed by atoms with Crippen molar-refractivity contribution in [2.75, 3.05) is 6.54 Å². The third-order valence-electron chi connectivity index (χ3n) is 3.07. The summed E-state index contributed by atoms with van der Waals surface area (Å²) in [5, 5.41) is 13.6. The summed E-state index contributed by atoms with van der Waals surface area (Å²) in [6, 6.07) is 0.288. The van der Waals surface area contributed by atoms with Crippen LogP contribution in [0.1, 0.15) is 27.2 Å². The van der Waals surface area contributed by atoms with Gasteiger partial charge in [0.15, 0.2) is 0 Å². The van der Waals surface area contributed by atoms with E-state index < -0.39 is 4.46 Å². The van der Waals surface area contributed by atoms with Crippen molar-refractivity contribution in [3.63, 3.8) is 0 Å². The highest BCUT2D eigenvalue weighted by atomic mass is 27.0. The first-order chi connectivity index (χ1) is 5.46. The lowest BCUT2D eigenvalue weighted by Gasteiger charge is -2.37. The van der Waals surface area contributed by atoms with Gasteiger partial charge in [0.05, 0.1) is 0 Å². The van der Waals surface area contributed by atoms with Crippen molar-refractivity contribution >= 4 is 16.3 Å². The van der Waals surface area contributed by atoms with Crippen molar-refractivity contribution in [1.82, 2.24) is 5.32 Å². The Bertz CT molecular complexity index is 159. The molecule has 2 nitrogen and oxygen atoms in total. The Hall–Kier alpha value is 0.452. The van der Waals surface area contributed by atoms with Gasteiger partial charge in [0, 0.05) is 10.5 Å². The molecule has 0 aromatic rings. The van der Waals surface area contributed by atoms with Crippen molar-refractivity contribution in [2.45, 2.75) is 37.7 Å². The van der Waals surface area contributed by atoms with Crippen molar-refractivity contribution in [1.29, 1.82) is 0 Å². The molecule has 3 atom stereocenters. The third-order valence-corrected chi connectivity index (χ3v) is 4.33. The highest BCUT2D eigenvalue weighted by molar-refractivity contribution is 6.15. The Balaban J connectivity index is 2.67. The molecule has 1 rings (SSSR count). The second-order valence-electron chi connectivity index (χ2n) is 4.34. The number of hydrogen-bond donors (Lipinski definition) is 2. The van der Waals surface area contributed by atoms with Crippen LogP contribution in [0.3, 0.4) is 0 Å². The van der Waals surface area contributed by atoms with Crippen LogP contribution >= 0.6 is 0 Å². The van der Waals surface area contributed by atoms with E-state index in [1.807, 2.05) is 0 Å². The fourth-order valence-electron chi connectivity index (χ4n) is 1.86. The maximum absolute atomic E-state index is 10.2. The van der Waals surface area contributed by atoms with E-state index >= 15 is 0 Å². The molecule has 0 amide bonds. The number of aliphatic hydroxyl groups is 1. The van der Waals surface area contributed by atoms with Gasteiger partial charge in [-0.15, -0.1) is 0 Å². The molecule has 0 spiro atoms. The SMILES string of the molecule is CC(C)[C](O)([AlH])C1NCC[C@@H]1C. The Morgan fingerprint density at radius 3 is 2.50 bits per heavy atom. The molecular weight excluding hydrogens is 165 g/mol. The molecule has 0 aliphatic carbocycles. The van der Waals surface area contributed by atoms with E-state index in [1.54, 1.807) is 16.3 Å². The van der Waals surface area contributed by atoms with Crippen LogP contribution in [0.4, 0.5) is 0 Å². The molecule has 2 unspecified atom stereocenters. The van der Waals surface area contributed by atoms with Crippen molar-refractivity contribution in [3.8, 4) is 0 Å². The van der Waals surface area contributed by atoms with Crippen molar-refractivity contribution in [2.24, 2.45) is 11.8 Å². The maximum Gasteiger partial charge on any atom is 0.230 e. The van der Waals surface area contributed by atoms with Gasteiger partial charge in [-0.1, -0.05) is 20.8 Å². The average molecular weight is 184 g/mol. The largest absolute Gasteiger partial charge is 0.405 e. The Kier molecular flexibility index (Phi) is 3.23. The van der Waals surface area contributed by atoms with Gasteiger partial charge in [-0.25, -0.2) is 0 Å². The quantitative estimate of drug-likeness (QED) is 0.602. The van der Waals surface area contributed by atoms with Crippen LogP contribution in [-0.4, -0.2) is 38.4 Å². The van der Waals surface area contributed by atoms with E-state index in [0.717, 1.165) is 6.54 Å². The van der Waals surface area contributed by atoms with E-state index in [-0.39, 0.29) is 6.04 Å². The first-order valence-corrected chi connectivity index (χ1v) is 5.48. The first-order valence-electron chi connectivity index (χ1n) is 4.77. The average Bonchev–Trinajstić information content (AvgIpc) is 2.35. The number of hydrogen-bond acceptors (Lipinski definition) is 2. The topological polar surface area (TPSA) is 32.3 Å². The van der Waals surface area contributed by atoms with E-state index in [1.165, 1.54) is 6.42 Å². The normalized spacial score (nSPS) is 35.4. The van der Waals surface area contributed by atoms with Crippen LogP contribution in [0.2, 0.25) is 0 Å². The van der Waals surface area contributed by atoms with Gasteiger partial charge in [0.25, 0.3) is 0 Å². The smallest absolute Gasteiger partial charge is 0.230 e. The molecule has 1 fully saturated rings. The van der Waals surface area contributed by atoms with Gasteiger partial charge in [0.2, 0.25) is 16.3 Å². The molecule has 1 saturated heterocycles. The molecule has 1 heterocycles. The maximum atomic E-state index is 10.2. The molecular formula is C9H19AlNO. The van der Waals surface area contributed by atoms with Gasteiger partial charge < -0.3 is 10.4 Å². The fourth-order valence-corrected chi connectivity index (χ4v) is 2.41. The Labute approximate surface area is 83.2 Å². The molecule has 12 heavy (non-hydrogen) atoms. The number of rotatable bonds is 2.